The van der Waals surface area contributed by atoms with E-state index in [1.54, 1.807) is 0 Å². The van der Waals surface area contributed by atoms with Crippen LogP contribution < -0.4 is 0 Å². The Hall–Kier alpha value is 0.708. The van der Waals surface area contributed by atoms with Crippen molar-refractivity contribution >= 4 is 34.2 Å². The Morgan fingerprint density at radius 3 is 1.19 bits per heavy atom. The smallest absolute Gasteiger partial charge is 0.320 e. The molecule has 2 rings (SSSR count). The summed E-state index contributed by atoms with van der Waals surface area (Å²) in [4.78, 5) is 0. The quantitative estimate of drug-likeness (QED) is 0.442. The molecule has 1 heterocycles. The lowest BCUT2D eigenvalue weighted by Crippen LogP contribution is -2.69. The average Bonchev–Trinajstić information content (AvgIpc) is 3.25. The van der Waals surface area contributed by atoms with Crippen molar-refractivity contribution in [3.8, 4) is 0 Å². The standard InChI is InChI=1S/C19H44O4Si4/c1-14(2)18-13-19(18)27(12)22-25(10,16(5)6)20-24(9,15(3)4)21-26(11,23-27)17(7)8/h14-19H,13H2,1-12H3. The van der Waals surface area contributed by atoms with Crippen LogP contribution in [-0.4, -0.2) is 34.2 Å². The SMILES string of the molecule is CC(C)C1CC1[Si]1(C)O[Si](C)(C(C)C)O[Si](C)(C(C)C)O[Si](C)(C(C)C)O1. The zero-order chi connectivity index (χ0) is 21.0. The predicted octanol–water partition coefficient (Wildman–Crippen LogP) is 6.63. The third-order valence-corrected chi connectivity index (χ3v) is 28.4. The summed E-state index contributed by atoms with van der Waals surface area (Å²) in [7, 11) is -9.66. The van der Waals surface area contributed by atoms with E-state index in [1.165, 1.54) is 6.42 Å². The highest BCUT2D eigenvalue weighted by Gasteiger charge is 2.65. The molecule has 2 fully saturated rings. The third-order valence-electron chi connectivity index (χ3n) is 7.14. The van der Waals surface area contributed by atoms with Crippen LogP contribution in [0.5, 0.6) is 0 Å². The van der Waals surface area contributed by atoms with Gasteiger partial charge < -0.3 is 16.5 Å². The summed E-state index contributed by atoms with van der Waals surface area (Å²) in [6.07, 6.45) is 1.24. The lowest BCUT2D eigenvalue weighted by Gasteiger charge is -2.53. The van der Waals surface area contributed by atoms with Gasteiger partial charge in [0.05, 0.1) is 0 Å². The van der Waals surface area contributed by atoms with Crippen LogP contribution in [0, 0.1) is 11.8 Å². The molecule has 1 saturated carbocycles. The summed E-state index contributed by atoms with van der Waals surface area (Å²) >= 11 is 0. The van der Waals surface area contributed by atoms with Crippen molar-refractivity contribution in [1.29, 1.82) is 0 Å². The van der Waals surface area contributed by atoms with E-state index in [0.717, 1.165) is 5.92 Å². The molecule has 0 spiro atoms. The van der Waals surface area contributed by atoms with E-state index in [4.69, 9.17) is 16.5 Å². The maximum Gasteiger partial charge on any atom is 0.320 e. The first-order valence-corrected chi connectivity index (χ1v) is 20.5. The fourth-order valence-corrected chi connectivity index (χ4v) is 27.9. The molecule has 4 atom stereocenters. The van der Waals surface area contributed by atoms with Crippen LogP contribution in [0.15, 0.2) is 0 Å². The van der Waals surface area contributed by atoms with Crippen LogP contribution in [0.4, 0.5) is 0 Å². The minimum atomic E-state index is -2.42. The molecular formula is C19H44O4Si4. The topological polar surface area (TPSA) is 36.9 Å². The first-order valence-electron chi connectivity index (χ1n) is 10.9. The van der Waals surface area contributed by atoms with E-state index in [2.05, 4.69) is 81.6 Å². The van der Waals surface area contributed by atoms with Gasteiger partial charge in [0, 0.05) is 5.54 Å². The summed E-state index contributed by atoms with van der Waals surface area (Å²) in [5, 5.41) is 0. The van der Waals surface area contributed by atoms with E-state index in [9.17, 15) is 0 Å². The Kier molecular flexibility index (Phi) is 6.89. The summed E-state index contributed by atoms with van der Waals surface area (Å²) in [6, 6.07) is 0. The Labute approximate surface area is 172 Å². The van der Waals surface area contributed by atoms with Crippen molar-refractivity contribution < 1.29 is 16.5 Å². The van der Waals surface area contributed by atoms with Gasteiger partial charge in [-0.25, -0.2) is 0 Å². The summed E-state index contributed by atoms with van der Waals surface area (Å²) in [6.45, 7) is 27.2. The Morgan fingerprint density at radius 1 is 0.593 bits per heavy atom. The van der Waals surface area contributed by atoms with E-state index >= 15 is 0 Å². The highest BCUT2D eigenvalue weighted by molar-refractivity contribution is 6.95. The van der Waals surface area contributed by atoms with Crippen LogP contribution in [0.3, 0.4) is 0 Å². The van der Waals surface area contributed by atoms with E-state index < -0.39 is 34.2 Å². The summed E-state index contributed by atoms with van der Waals surface area (Å²) < 4.78 is 28.3. The lowest BCUT2D eigenvalue weighted by molar-refractivity contribution is 0.207. The van der Waals surface area contributed by atoms with Gasteiger partial charge >= 0.3 is 34.2 Å². The first-order chi connectivity index (χ1) is 12.1. The third kappa shape index (κ3) is 4.73. The van der Waals surface area contributed by atoms with Crippen molar-refractivity contribution in [2.75, 3.05) is 0 Å². The maximum absolute atomic E-state index is 7.15. The van der Waals surface area contributed by atoms with Gasteiger partial charge in [-0.3, -0.25) is 0 Å². The molecule has 0 amide bonds. The molecule has 27 heavy (non-hydrogen) atoms. The molecule has 0 aromatic rings. The van der Waals surface area contributed by atoms with Crippen LogP contribution in [0.1, 0.15) is 61.8 Å². The minimum absolute atomic E-state index is 0.371. The van der Waals surface area contributed by atoms with Crippen LogP contribution >= 0.6 is 0 Å². The second-order valence-electron chi connectivity index (χ2n) is 10.7. The summed E-state index contributed by atoms with van der Waals surface area (Å²) in [5.41, 5.74) is 1.70. The average molecular weight is 449 g/mol. The highest BCUT2D eigenvalue weighted by atomic mass is 28.5. The molecular weight excluding hydrogens is 405 g/mol. The molecule has 0 aromatic carbocycles. The molecule has 1 aliphatic heterocycles. The molecule has 8 heteroatoms. The van der Waals surface area contributed by atoms with E-state index in [1.807, 2.05) is 0 Å². The Balaban J connectivity index is 2.50. The lowest BCUT2D eigenvalue weighted by atomic mass is 10.1. The van der Waals surface area contributed by atoms with Crippen molar-refractivity contribution in [2.24, 2.45) is 11.8 Å². The molecule has 0 aromatic heterocycles. The van der Waals surface area contributed by atoms with Crippen LogP contribution in [0.2, 0.25) is 48.4 Å². The highest BCUT2D eigenvalue weighted by Crippen LogP contribution is 2.59. The molecule has 0 radical (unpaired) electrons. The molecule has 4 nitrogen and oxygen atoms in total. The van der Waals surface area contributed by atoms with Gasteiger partial charge in [0.2, 0.25) is 0 Å². The fourth-order valence-electron chi connectivity index (χ4n) is 4.11. The maximum atomic E-state index is 7.15. The monoisotopic (exact) mass is 448 g/mol. The molecule has 4 unspecified atom stereocenters. The number of hydrogen-bond donors (Lipinski definition) is 0. The Morgan fingerprint density at radius 2 is 0.926 bits per heavy atom. The van der Waals surface area contributed by atoms with Gasteiger partial charge in [-0.1, -0.05) is 55.4 Å². The van der Waals surface area contributed by atoms with Gasteiger partial charge in [0.25, 0.3) is 0 Å². The zero-order valence-electron chi connectivity index (χ0n) is 19.8. The fraction of sp³-hybridized carbons (Fsp3) is 1.00. The van der Waals surface area contributed by atoms with Crippen molar-refractivity contribution in [3.05, 3.63) is 0 Å². The van der Waals surface area contributed by atoms with Crippen molar-refractivity contribution in [3.63, 3.8) is 0 Å². The second-order valence-corrected chi connectivity index (χ2v) is 26.3. The molecule has 0 N–H and O–H groups in total. The molecule has 2 aliphatic rings. The largest absolute Gasteiger partial charge is 0.415 e. The van der Waals surface area contributed by atoms with Gasteiger partial charge in [-0.15, -0.1) is 0 Å². The van der Waals surface area contributed by atoms with Gasteiger partial charge in [0.1, 0.15) is 0 Å². The second kappa shape index (κ2) is 7.75. The molecule has 1 saturated heterocycles. The zero-order valence-corrected chi connectivity index (χ0v) is 23.8. The van der Waals surface area contributed by atoms with Crippen molar-refractivity contribution in [1.82, 2.24) is 0 Å². The molecule has 0 bridgehead atoms. The first kappa shape index (κ1) is 24.0. The Bertz CT molecular complexity index is 516. The molecule has 1 aliphatic carbocycles. The summed E-state index contributed by atoms with van der Waals surface area (Å²) in [5.74, 6) is 1.42. The normalized spacial score (nSPS) is 46.2. The van der Waals surface area contributed by atoms with Crippen LogP contribution in [-0.2, 0) is 16.5 Å². The van der Waals surface area contributed by atoms with Gasteiger partial charge in [-0.2, -0.15) is 0 Å². The van der Waals surface area contributed by atoms with E-state index in [0.29, 0.717) is 28.1 Å². The van der Waals surface area contributed by atoms with E-state index in [-0.39, 0.29) is 0 Å². The van der Waals surface area contributed by atoms with Gasteiger partial charge in [0.15, 0.2) is 0 Å². The van der Waals surface area contributed by atoms with Crippen LogP contribution in [0.25, 0.3) is 0 Å². The molecule has 160 valence electrons. The minimum Gasteiger partial charge on any atom is -0.415 e. The predicted molar refractivity (Wildman–Crippen MR) is 123 cm³/mol. The van der Waals surface area contributed by atoms with Gasteiger partial charge in [-0.05, 0) is 61.1 Å². The number of rotatable bonds is 5. The van der Waals surface area contributed by atoms with Crippen molar-refractivity contribution in [2.45, 2.75) is 110 Å². The number of hydrogen-bond acceptors (Lipinski definition) is 4.